The van der Waals surface area contributed by atoms with E-state index in [0.29, 0.717) is 11.0 Å². The monoisotopic (exact) mass is 296 g/mol. The lowest BCUT2D eigenvalue weighted by atomic mass is 10.1. The Balaban J connectivity index is 3.09. The molecule has 0 aliphatic rings. The fourth-order valence-corrected chi connectivity index (χ4v) is 1.62. The number of carbonyl (C=O) groups excluding carboxylic acids is 1. The lowest BCUT2D eigenvalue weighted by molar-refractivity contribution is -0.140. The van der Waals surface area contributed by atoms with Crippen LogP contribution in [0.4, 0.5) is 22.0 Å². The van der Waals surface area contributed by atoms with Gasteiger partial charge in [0.2, 0.25) is 0 Å². The van der Waals surface area contributed by atoms with E-state index >= 15 is 0 Å². The minimum Gasteiger partial charge on any atom is -0.329 e. The second-order valence-electron chi connectivity index (χ2n) is 4.21. The number of amides is 1. The van der Waals surface area contributed by atoms with E-state index in [-0.39, 0.29) is 18.7 Å². The van der Waals surface area contributed by atoms with E-state index in [0.717, 1.165) is 6.07 Å². The first-order valence-electron chi connectivity index (χ1n) is 5.67. The van der Waals surface area contributed by atoms with Crippen molar-refractivity contribution in [1.82, 2.24) is 4.90 Å². The maximum absolute atomic E-state index is 13.5. The van der Waals surface area contributed by atoms with Crippen molar-refractivity contribution in [3.8, 4) is 0 Å². The van der Waals surface area contributed by atoms with E-state index in [9.17, 15) is 26.7 Å². The van der Waals surface area contributed by atoms with Crippen molar-refractivity contribution in [3.63, 3.8) is 0 Å². The molecule has 0 spiro atoms. The van der Waals surface area contributed by atoms with Gasteiger partial charge in [-0.05, 0) is 18.6 Å². The molecule has 0 atom stereocenters. The second-order valence-corrected chi connectivity index (χ2v) is 4.21. The van der Waals surface area contributed by atoms with Crippen molar-refractivity contribution >= 4 is 5.91 Å². The van der Waals surface area contributed by atoms with Crippen LogP contribution in [0.2, 0.25) is 0 Å². The third-order valence-corrected chi connectivity index (χ3v) is 2.54. The number of benzene rings is 1. The number of nitrogens with zero attached hydrogens (tertiary/aromatic N) is 1. The highest BCUT2D eigenvalue weighted by Crippen LogP contribution is 2.20. The van der Waals surface area contributed by atoms with Gasteiger partial charge in [-0.2, -0.15) is 13.2 Å². The summed E-state index contributed by atoms with van der Waals surface area (Å²) in [6, 6.07) is 1.35. The molecule has 0 aliphatic carbocycles. The van der Waals surface area contributed by atoms with Crippen molar-refractivity contribution in [2.75, 3.05) is 19.6 Å². The molecule has 1 rings (SSSR count). The molecule has 3 nitrogen and oxygen atoms in total. The molecule has 0 radical (unpaired) electrons. The van der Waals surface area contributed by atoms with Crippen LogP contribution < -0.4 is 5.73 Å². The predicted molar refractivity (Wildman–Crippen MR) is 62.1 cm³/mol. The first-order chi connectivity index (χ1) is 9.15. The fraction of sp³-hybridized carbons (Fsp3) is 0.417. The molecule has 0 fully saturated rings. The summed E-state index contributed by atoms with van der Waals surface area (Å²) in [7, 11) is 0. The zero-order valence-electron chi connectivity index (χ0n) is 10.6. The molecular formula is C12H13F5N2O. The molecule has 20 heavy (non-hydrogen) atoms. The summed E-state index contributed by atoms with van der Waals surface area (Å²) >= 11 is 0. The van der Waals surface area contributed by atoms with Crippen LogP contribution in [0, 0.1) is 18.6 Å². The molecule has 1 aromatic carbocycles. The lowest BCUT2D eigenvalue weighted by Gasteiger charge is -2.23. The first-order valence-corrected chi connectivity index (χ1v) is 5.67. The highest BCUT2D eigenvalue weighted by Gasteiger charge is 2.33. The Morgan fingerprint density at radius 1 is 1.25 bits per heavy atom. The first kappa shape index (κ1) is 16.4. The normalized spacial score (nSPS) is 11.6. The Hall–Kier alpha value is -1.70. The Kier molecular flexibility index (Phi) is 5.04. The molecule has 1 amide bonds. The van der Waals surface area contributed by atoms with Crippen LogP contribution in [0.5, 0.6) is 0 Å². The Labute approximate surface area is 112 Å². The number of hydrogen-bond donors (Lipinski definition) is 1. The maximum atomic E-state index is 13.5. The van der Waals surface area contributed by atoms with Gasteiger partial charge in [0.15, 0.2) is 0 Å². The summed E-state index contributed by atoms with van der Waals surface area (Å²) in [5.74, 6) is -3.25. The van der Waals surface area contributed by atoms with Gasteiger partial charge in [-0.25, -0.2) is 8.78 Å². The number of alkyl halides is 3. The molecular weight excluding hydrogens is 283 g/mol. The van der Waals surface area contributed by atoms with Gasteiger partial charge in [0.05, 0.1) is 5.56 Å². The third-order valence-electron chi connectivity index (χ3n) is 2.54. The second kappa shape index (κ2) is 6.17. The number of halogens is 5. The van der Waals surface area contributed by atoms with Gasteiger partial charge < -0.3 is 10.6 Å². The van der Waals surface area contributed by atoms with Crippen LogP contribution >= 0.6 is 0 Å². The van der Waals surface area contributed by atoms with Crippen molar-refractivity contribution < 1.29 is 26.7 Å². The summed E-state index contributed by atoms with van der Waals surface area (Å²) in [4.78, 5) is 12.3. The lowest BCUT2D eigenvalue weighted by Crippen LogP contribution is -2.42. The number of aryl methyl sites for hydroxylation is 1. The standard InChI is InChI=1S/C12H13F5N2O/c1-7-4-8(10(14)5-9(7)13)11(20)19(3-2-18)6-12(15,16)17/h4-5H,2-3,6,18H2,1H3. The Morgan fingerprint density at radius 3 is 2.35 bits per heavy atom. The maximum Gasteiger partial charge on any atom is 0.406 e. The molecule has 0 saturated heterocycles. The van der Waals surface area contributed by atoms with E-state index < -0.39 is 35.8 Å². The largest absolute Gasteiger partial charge is 0.406 e. The van der Waals surface area contributed by atoms with Gasteiger partial charge in [-0.15, -0.1) is 0 Å². The van der Waals surface area contributed by atoms with Gasteiger partial charge in [-0.3, -0.25) is 4.79 Å². The van der Waals surface area contributed by atoms with Crippen LogP contribution in [0.25, 0.3) is 0 Å². The van der Waals surface area contributed by atoms with Crippen molar-refractivity contribution in [3.05, 3.63) is 34.9 Å². The van der Waals surface area contributed by atoms with E-state index in [1.54, 1.807) is 0 Å². The number of hydrogen-bond acceptors (Lipinski definition) is 2. The van der Waals surface area contributed by atoms with Gasteiger partial charge in [0.1, 0.15) is 18.2 Å². The number of rotatable bonds is 4. The third kappa shape index (κ3) is 4.16. The summed E-state index contributed by atoms with van der Waals surface area (Å²) in [5, 5.41) is 0. The van der Waals surface area contributed by atoms with E-state index in [1.165, 1.54) is 6.92 Å². The summed E-state index contributed by atoms with van der Waals surface area (Å²) in [6.07, 6.45) is -4.63. The van der Waals surface area contributed by atoms with Gasteiger partial charge >= 0.3 is 6.18 Å². The molecule has 0 aliphatic heterocycles. The molecule has 0 heterocycles. The SMILES string of the molecule is Cc1cc(C(=O)N(CCN)CC(F)(F)F)c(F)cc1F. The topological polar surface area (TPSA) is 46.3 Å². The Morgan fingerprint density at radius 2 is 1.85 bits per heavy atom. The molecule has 0 saturated carbocycles. The smallest absolute Gasteiger partial charge is 0.329 e. The molecule has 0 bridgehead atoms. The number of nitrogens with two attached hydrogens (primary N) is 1. The van der Waals surface area contributed by atoms with Crippen molar-refractivity contribution in [1.29, 1.82) is 0 Å². The zero-order chi connectivity index (χ0) is 15.5. The molecule has 1 aromatic rings. The van der Waals surface area contributed by atoms with Gasteiger partial charge in [0.25, 0.3) is 5.91 Å². The van der Waals surface area contributed by atoms with Crippen LogP contribution in [0.3, 0.4) is 0 Å². The molecule has 8 heteroatoms. The summed E-state index contributed by atoms with van der Waals surface area (Å²) < 4.78 is 63.7. The summed E-state index contributed by atoms with van der Waals surface area (Å²) in [5.41, 5.74) is 4.50. The molecule has 2 N–H and O–H groups in total. The van der Waals surface area contributed by atoms with Crippen LogP contribution in [-0.2, 0) is 0 Å². The van der Waals surface area contributed by atoms with Crippen molar-refractivity contribution in [2.24, 2.45) is 5.73 Å². The minimum absolute atomic E-state index is 0.0329. The van der Waals surface area contributed by atoms with Crippen LogP contribution in [0.1, 0.15) is 15.9 Å². The van der Waals surface area contributed by atoms with E-state index in [2.05, 4.69) is 0 Å². The number of carbonyl (C=O) groups is 1. The zero-order valence-corrected chi connectivity index (χ0v) is 10.6. The fourth-order valence-electron chi connectivity index (χ4n) is 1.62. The van der Waals surface area contributed by atoms with Crippen LogP contribution in [-0.4, -0.2) is 36.6 Å². The average Bonchev–Trinajstić information content (AvgIpc) is 2.31. The average molecular weight is 296 g/mol. The summed E-state index contributed by atoms with van der Waals surface area (Å²) in [6.45, 7) is -0.848. The van der Waals surface area contributed by atoms with E-state index in [4.69, 9.17) is 5.73 Å². The molecule has 0 unspecified atom stereocenters. The van der Waals surface area contributed by atoms with Crippen molar-refractivity contribution in [2.45, 2.75) is 13.1 Å². The highest BCUT2D eigenvalue weighted by molar-refractivity contribution is 5.94. The quantitative estimate of drug-likeness (QED) is 0.866. The van der Waals surface area contributed by atoms with Crippen LogP contribution in [0.15, 0.2) is 12.1 Å². The highest BCUT2D eigenvalue weighted by atomic mass is 19.4. The van der Waals surface area contributed by atoms with Gasteiger partial charge in [0, 0.05) is 19.2 Å². The molecule has 0 aromatic heterocycles. The van der Waals surface area contributed by atoms with Gasteiger partial charge in [-0.1, -0.05) is 0 Å². The minimum atomic E-state index is -4.63. The molecule has 112 valence electrons. The van der Waals surface area contributed by atoms with E-state index in [1.807, 2.05) is 0 Å². The Bertz CT molecular complexity index is 501. The predicted octanol–water partition coefficient (Wildman–Crippen LogP) is 2.24.